The zero-order valence-corrected chi connectivity index (χ0v) is 7.49. The fourth-order valence-corrected chi connectivity index (χ4v) is 0.950. The smallest absolute Gasteiger partial charge is 0.300 e. The third-order valence-corrected chi connectivity index (χ3v) is 1.81. The normalized spacial score (nSPS) is 12.4. The van der Waals surface area contributed by atoms with Crippen molar-refractivity contribution in [3.05, 3.63) is 35.9 Å². The van der Waals surface area contributed by atoms with E-state index in [4.69, 9.17) is 0 Å². The molecule has 0 aliphatic rings. The molecule has 1 rings (SSSR count). The van der Waals surface area contributed by atoms with Gasteiger partial charge in [-0.1, -0.05) is 30.3 Å². The number of hydrogen-bond donors (Lipinski definition) is 1. The summed E-state index contributed by atoms with van der Waals surface area (Å²) in [7, 11) is 0. The SMILES string of the molecule is CC(NCc1ccccc1)C([O])=O. The van der Waals surface area contributed by atoms with Crippen LogP contribution in [0.25, 0.3) is 0 Å². The molecule has 0 fully saturated rings. The lowest BCUT2D eigenvalue weighted by Gasteiger charge is -2.06. The Hall–Kier alpha value is -1.35. The van der Waals surface area contributed by atoms with E-state index < -0.39 is 12.0 Å². The highest BCUT2D eigenvalue weighted by Crippen LogP contribution is 1.97. The van der Waals surface area contributed by atoms with Crippen LogP contribution in [0.3, 0.4) is 0 Å². The Bertz CT molecular complexity index is 272. The molecule has 0 aromatic heterocycles. The minimum Gasteiger partial charge on any atom is -0.300 e. The van der Waals surface area contributed by atoms with Crippen molar-refractivity contribution in [2.45, 2.75) is 19.5 Å². The Labute approximate surface area is 77.4 Å². The van der Waals surface area contributed by atoms with Gasteiger partial charge in [-0.2, -0.15) is 0 Å². The summed E-state index contributed by atoms with van der Waals surface area (Å²) in [5.41, 5.74) is 1.07. The Morgan fingerprint density at radius 1 is 1.38 bits per heavy atom. The molecular formula is C10H12NO2. The summed E-state index contributed by atoms with van der Waals surface area (Å²) in [5, 5.41) is 13.2. The molecule has 0 saturated carbocycles. The van der Waals surface area contributed by atoms with Gasteiger partial charge in [0.1, 0.15) is 6.04 Å². The van der Waals surface area contributed by atoms with Crippen LogP contribution in [0.15, 0.2) is 30.3 Å². The highest BCUT2D eigenvalue weighted by Gasteiger charge is 2.10. The van der Waals surface area contributed by atoms with Crippen molar-refractivity contribution in [2.75, 3.05) is 0 Å². The minimum absolute atomic E-state index is 0.552. The van der Waals surface area contributed by atoms with E-state index in [9.17, 15) is 9.90 Å². The molecule has 69 valence electrons. The summed E-state index contributed by atoms with van der Waals surface area (Å²) < 4.78 is 0. The number of hydrogen-bond acceptors (Lipinski definition) is 2. The van der Waals surface area contributed by atoms with Crippen LogP contribution in [-0.2, 0) is 16.4 Å². The summed E-state index contributed by atoms with van der Waals surface area (Å²) in [6.07, 6.45) is 0. The molecule has 0 amide bonds. The van der Waals surface area contributed by atoms with Crippen molar-refractivity contribution in [1.29, 1.82) is 0 Å². The maximum absolute atomic E-state index is 10.3. The minimum atomic E-state index is -1.07. The topological polar surface area (TPSA) is 49.0 Å². The molecule has 3 nitrogen and oxygen atoms in total. The molecule has 0 heterocycles. The van der Waals surface area contributed by atoms with Gasteiger partial charge in [0, 0.05) is 6.54 Å². The highest BCUT2D eigenvalue weighted by atomic mass is 16.4. The van der Waals surface area contributed by atoms with Crippen LogP contribution in [0, 0.1) is 0 Å². The largest absolute Gasteiger partial charge is 0.372 e. The Kier molecular flexibility index (Phi) is 3.46. The molecule has 3 heteroatoms. The van der Waals surface area contributed by atoms with Crippen LogP contribution >= 0.6 is 0 Å². The molecule has 1 unspecified atom stereocenters. The summed E-state index contributed by atoms with van der Waals surface area (Å²) >= 11 is 0. The van der Waals surface area contributed by atoms with Gasteiger partial charge in [0.25, 0.3) is 0 Å². The van der Waals surface area contributed by atoms with Gasteiger partial charge >= 0.3 is 5.97 Å². The van der Waals surface area contributed by atoms with E-state index in [1.807, 2.05) is 30.3 Å². The molecule has 1 radical (unpaired) electrons. The van der Waals surface area contributed by atoms with E-state index in [2.05, 4.69) is 5.32 Å². The van der Waals surface area contributed by atoms with Gasteiger partial charge in [-0.3, -0.25) is 0 Å². The van der Waals surface area contributed by atoms with E-state index in [-0.39, 0.29) is 0 Å². The van der Waals surface area contributed by atoms with E-state index in [0.29, 0.717) is 6.54 Å². The van der Waals surface area contributed by atoms with Gasteiger partial charge in [0.2, 0.25) is 0 Å². The van der Waals surface area contributed by atoms with Crippen molar-refractivity contribution in [3.63, 3.8) is 0 Å². The number of carbonyl (C=O) groups excluding carboxylic acids is 1. The first-order valence-electron chi connectivity index (χ1n) is 4.18. The molecule has 1 atom stereocenters. The predicted octanol–water partition coefficient (Wildman–Crippen LogP) is 1.12. The van der Waals surface area contributed by atoms with E-state index in [1.165, 1.54) is 0 Å². The number of nitrogens with one attached hydrogen (secondary N) is 1. The molecule has 1 aromatic carbocycles. The van der Waals surface area contributed by atoms with Crippen LogP contribution in [-0.4, -0.2) is 12.0 Å². The standard InChI is InChI=1S/C10H12NO2/c1-8(10(12)13)11-7-9-5-3-2-4-6-9/h2-6,8,11H,7H2,1H3. The molecule has 0 spiro atoms. The van der Waals surface area contributed by atoms with Gasteiger partial charge in [-0.15, -0.1) is 0 Å². The van der Waals surface area contributed by atoms with Gasteiger partial charge in [-0.05, 0) is 12.5 Å². The monoisotopic (exact) mass is 178 g/mol. The van der Waals surface area contributed by atoms with Gasteiger partial charge < -0.3 is 5.32 Å². The molecule has 1 aromatic rings. The van der Waals surface area contributed by atoms with Crippen molar-refractivity contribution in [2.24, 2.45) is 0 Å². The Morgan fingerprint density at radius 2 is 2.00 bits per heavy atom. The van der Waals surface area contributed by atoms with Crippen LogP contribution in [0.5, 0.6) is 0 Å². The van der Waals surface area contributed by atoms with Crippen molar-refractivity contribution < 1.29 is 9.90 Å². The van der Waals surface area contributed by atoms with E-state index in [1.54, 1.807) is 6.92 Å². The zero-order valence-electron chi connectivity index (χ0n) is 7.49. The maximum Gasteiger partial charge on any atom is 0.372 e. The Balaban J connectivity index is 2.39. The highest BCUT2D eigenvalue weighted by molar-refractivity contribution is 5.72. The van der Waals surface area contributed by atoms with Crippen LogP contribution in [0.1, 0.15) is 12.5 Å². The molecule has 0 aliphatic heterocycles. The molecule has 0 saturated heterocycles. The zero-order chi connectivity index (χ0) is 9.68. The van der Waals surface area contributed by atoms with Crippen LogP contribution < -0.4 is 5.32 Å². The first kappa shape index (κ1) is 9.74. The van der Waals surface area contributed by atoms with E-state index >= 15 is 0 Å². The van der Waals surface area contributed by atoms with Crippen LogP contribution in [0.4, 0.5) is 0 Å². The Morgan fingerprint density at radius 3 is 2.54 bits per heavy atom. The summed E-state index contributed by atoms with van der Waals surface area (Å²) in [5.74, 6) is -1.07. The fourth-order valence-electron chi connectivity index (χ4n) is 0.950. The lowest BCUT2D eigenvalue weighted by Crippen LogP contribution is -2.32. The average molecular weight is 178 g/mol. The third kappa shape index (κ3) is 3.25. The second kappa shape index (κ2) is 4.62. The summed E-state index contributed by atoms with van der Waals surface area (Å²) in [4.78, 5) is 10.3. The second-order valence-electron chi connectivity index (χ2n) is 2.91. The predicted molar refractivity (Wildman–Crippen MR) is 48.4 cm³/mol. The molecule has 0 bridgehead atoms. The lowest BCUT2D eigenvalue weighted by molar-refractivity contribution is -0.145. The van der Waals surface area contributed by atoms with Gasteiger partial charge in [0.05, 0.1) is 0 Å². The third-order valence-electron chi connectivity index (χ3n) is 1.81. The quantitative estimate of drug-likeness (QED) is 0.751. The second-order valence-corrected chi connectivity index (χ2v) is 2.91. The van der Waals surface area contributed by atoms with Crippen LogP contribution in [0.2, 0.25) is 0 Å². The number of benzene rings is 1. The van der Waals surface area contributed by atoms with Crippen molar-refractivity contribution in [1.82, 2.24) is 5.32 Å². The maximum atomic E-state index is 10.3. The fraction of sp³-hybridized carbons (Fsp3) is 0.300. The number of rotatable bonds is 4. The molecular weight excluding hydrogens is 166 g/mol. The summed E-state index contributed by atoms with van der Waals surface area (Å²) in [6.45, 7) is 2.12. The van der Waals surface area contributed by atoms with Crippen molar-refractivity contribution in [3.8, 4) is 0 Å². The summed E-state index contributed by atoms with van der Waals surface area (Å²) in [6, 6.07) is 9.03. The van der Waals surface area contributed by atoms with Gasteiger partial charge in [-0.25, -0.2) is 9.90 Å². The van der Waals surface area contributed by atoms with E-state index in [0.717, 1.165) is 5.56 Å². The molecule has 13 heavy (non-hydrogen) atoms. The lowest BCUT2D eigenvalue weighted by atomic mass is 10.2. The van der Waals surface area contributed by atoms with Gasteiger partial charge in [0.15, 0.2) is 0 Å². The molecule has 1 N–H and O–H groups in total. The first-order chi connectivity index (χ1) is 6.20. The average Bonchev–Trinajstić information content (AvgIpc) is 2.15. The molecule has 0 aliphatic carbocycles. The number of carbonyl (C=O) groups is 1. The first-order valence-corrected chi connectivity index (χ1v) is 4.18. The van der Waals surface area contributed by atoms with Crippen molar-refractivity contribution >= 4 is 5.97 Å².